The summed E-state index contributed by atoms with van der Waals surface area (Å²) in [4.78, 5) is 2.47. The summed E-state index contributed by atoms with van der Waals surface area (Å²) in [6, 6.07) is 6.43. The zero-order chi connectivity index (χ0) is 12.3. The highest BCUT2D eigenvalue weighted by Crippen LogP contribution is 2.29. The van der Waals surface area contributed by atoms with Gasteiger partial charge < -0.3 is 10.1 Å². The average Bonchev–Trinajstić information content (AvgIpc) is 2.39. The van der Waals surface area contributed by atoms with Gasteiger partial charge in [0.15, 0.2) is 0 Å². The maximum Gasteiger partial charge on any atom is 0.137 e. The number of methoxy groups -OCH3 is 1. The summed E-state index contributed by atoms with van der Waals surface area (Å²) in [5, 5.41) is 4.04. The Labute approximate surface area is 132 Å². The van der Waals surface area contributed by atoms with Gasteiger partial charge in [-0.2, -0.15) is 0 Å². The highest BCUT2D eigenvalue weighted by molar-refractivity contribution is 6.32. The lowest BCUT2D eigenvalue weighted by molar-refractivity contribution is 0.185. The largest absolute Gasteiger partial charge is 0.495 e. The molecule has 3 nitrogen and oxygen atoms in total. The molecule has 1 fully saturated rings. The molecule has 1 aliphatic rings. The van der Waals surface area contributed by atoms with Crippen LogP contribution in [0.1, 0.15) is 18.5 Å². The maximum atomic E-state index is 6.04. The third-order valence-corrected chi connectivity index (χ3v) is 3.67. The van der Waals surface area contributed by atoms with Crippen molar-refractivity contribution in [3.05, 3.63) is 28.8 Å². The van der Waals surface area contributed by atoms with Crippen LogP contribution in [0.5, 0.6) is 5.75 Å². The molecule has 0 spiro atoms. The Morgan fingerprint density at radius 1 is 1.26 bits per heavy atom. The SMILES string of the molecule is COc1cc([C@H](C)N2CCNCC2)ccc1Cl.Cl.Cl. The van der Waals surface area contributed by atoms with Crippen molar-refractivity contribution in [3.8, 4) is 5.75 Å². The Morgan fingerprint density at radius 2 is 1.89 bits per heavy atom. The molecule has 1 saturated heterocycles. The first kappa shape index (κ1) is 18.8. The van der Waals surface area contributed by atoms with Gasteiger partial charge in [-0.3, -0.25) is 4.90 Å². The van der Waals surface area contributed by atoms with E-state index >= 15 is 0 Å². The topological polar surface area (TPSA) is 24.5 Å². The summed E-state index contributed by atoms with van der Waals surface area (Å²) in [6.07, 6.45) is 0. The monoisotopic (exact) mass is 326 g/mol. The molecule has 1 heterocycles. The van der Waals surface area contributed by atoms with Gasteiger partial charge in [-0.1, -0.05) is 17.7 Å². The zero-order valence-electron chi connectivity index (χ0n) is 11.2. The van der Waals surface area contributed by atoms with Gasteiger partial charge in [0, 0.05) is 32.2 Å². The van der Waals surface area contributed by atoms with Crippen molar-refractivity contribution in [2.45, 2.75) is 13.0 Å². The minimum atomic E-state index is 0. The van der Waals surface area contributed by atoms with Gasteiger partial charge >= 0.3 is 0 Å². The molecule has 0 radical (unpaired) electrons. The molecule has 0 aromatic heterocycles. The van der Waals surface area contributed by atoms with Crippen molar-refractivity contribution < 1.29 is 4.74 Å². The molecule has 0 bridgehead atoms. The average molecular weight is 328 g/mol. The molecule has 1 aromatic rings. The lowest BCUT2D eigenvalue weighted by Gasteiger charge is -2.33. The number of benzene rings is 1. The molecule has 0 aliphatic carbocycles. The molecule has 6 heteroatoms. The molecule has 1 aromatic carbocycles. The number of piperazine rings is 1. The molecule has 0 saturated carbocycles. The van der Waals surface area contributed by atoms with Crippen LogP contribution >= 0.6 is 36.4 Å². The second-order valence-corrected chi connectivity index (χ2v) is 4.76. The van der Waals surface area contributed by atoms with Crippen molar-refractivity contribution in [2.24, 2.45) is 0 Å². The molecular formula is C13H21Cl3N2O. The van der Waals surface area contributed by atoms with E-state index in [1.165, 1.54) is 5.56 Å². The van der Waals surface area contributed by atoms with E-state index in [4.69, 9.17) is 16.3 Å². The Hall–Kier alpha value is -0.190. The molecular weight excluding hydrogens is 307 g/mol. The van der Waals surface area contributed by atoms with Crippen LogP contribution < -0.4 is 10.1 Å². The quantitative estimate of drug-likeness (QED) is 0.923. The zero-order valence-corrected chi connectivity index (χ0v) is 13.6. The van der Waals surface area contributed by atoms with Gasteiger partial charge in [-0.05, 0) is 24.6 Å². The van der Waals surface area contributed by atoms with Crippen LogP contribution in [0.25, 0.3) is 0 Å². The second-order valence-electron chi connectivity index (χ2n) is 4.36. The van der Waals surface area contributed by atoms with Crippen molar-refractivity contribution in [1.82, 2.24) is 10.2 Å². The Kier molecular flexibility index (Phi) is 8.79. The third-order valence-electron chi connectivity index (χ3n) is 3.36. The standard InChI is InChI=1S/C13H19ClN2O.2ClH/c1-10(16-7-5-15-6-8-16)11-3-4-12(14)13(9-11)17-2;;/h3-4,9-10,15H,5-8H2,1-2H3;2*1H/t10-;;/m0../s1. The predicted molar refractivity (Wildman–Crippen MR) is 85.4 cm³/mol. The molecule has 1 aliphatic heterocycles. The number of hydrogen-bond acceptors (Lipinski definition) is 3. The van der Waals surface area contributed by atoms with Crippen molar-refractivity contribution in [1.29, 1.82) is 0 Å². The number of hydrogen-bond donors (Lipinski definition) is 1. The van der Waals surface area contributed by atoms with Crippen LogP contribution in [0.15, 0.2) is 18.2 Å². The van der Waals surface area contributed by atoms with Crippen molar-refractivity contribution in [2.75, 3.05) is 33.3 Å². The van der Waals surface area contributed by atoms with Crippen LogP contribution in [0.4, 0.5) is 0 Å². The van der Waals surface area contributed by atoms with Gasteiger partial charge in [-0.25, -0.2) is 0 Å². The van der Waals surface area contributed by atoms with Gasteiger partial charge in [-0.15, -0.1) is 24.8 Å². The van der Waals surface area contributed by atoms with E-state index in [9.17, 15) is 0 Å². The van der Waals surface area contributed by atoms with E-state index in [0.29, 0.717) is 11.1 Å². The van der Waals surface area contributed by atoms with E-state index in [1.807, 2.05) is 12.1 Å². The highest BCUT2D eigenvalue weighted by atomic mass is 35.5. The summed E-state index contributed by atoms with van der Waals surface area (Å²) >= 11 is 6.04. The van der Waals surface area contributed by atoms with Gasteiger partial charge in [0.1, 0.15) is 5.75 Å². The van der Waals surface area contributed by atoms with Crippen LogP contribution in [0.3, 0.4) is 0 Å². The number of halogens is 3. The first-order valence-corrected chi connectivity index (χ1v) is 6.38. The molecule has 110 valence electrons. The number of nitrogens with zero attached hydrogens (tertiary/aromatic N) is 1. The van der Waals surface area contributed by atoms with E-state index in [1.54, 1.807) is 7.11 Å². The van der Waals surface area contributed by atoms with Crippen molar-refractivity contribution >= 4 is 36.4 Å². The summed E-state index contributed by atoms with van der Waals surface area (Å²) in [6.45, 7) is 6.54. The van der Waals surface area contributed by atoms with Gasteiger partial charge in [0.05, 0.1) is 12.1 Å². The Balaban J connectivity index is 0.00000162. The Morgan fingerprint density at radius 3 is 2.47 bits per heavy atom. The van der Waals surface area contributed by atoms with Gasteiger partial charge in [0.25, 0.3) is 0 Å². The number of rotatable bonds is 3. The number of nitrogens with one attached hydrogen (secondary N) is 1. The molecule has 1 N–H and O–H groups in total. The lowest BCUT2D eigenvalue weighted by Crippen LogP contribution is -2.44. The summed E-state index contributed by atoms with van der Waals surface area (Å²) in [7, 11) is 1.65. The minimum absolute atomic E-state index is 0. The minimum Gasteiger partial charge on any atom is -0.495 e. The first-order valence-electron chi connectivity index (χ1n) is 6.00. The highest BCUT2D eigenvalue weighted by Gasteiger charge is 2.18. The molecule has 1 atom stereocenters. The van der Waals surface area contributed by atoms with E-state index in [-0.39, 0.29) is 24.8 Å². The van der Waals surface area contributed by atoms with Gasteiger partial charge in [0.2, 0.25) is 0 Å². The summed E-state index contributed by atoms with van der Waals surface area (Å²) in [5.41, 5.74) is 1.26. The van der Waals surface area contributed by atoms with E-state index < -0.39 is 0 Å². The fourth-order valence-corrected chi connectivity index (χ4v) is 2.41. The first-order chi connectivity index (χ1) is 8.22. The Bertz CT molecular complexity index is 384. The maximum absolute atomic E-state index is 6.04. The molecule has 0 unspecified atom stereocenters. The van der Waals surface area contributed by atoms with Crippen molar-refractivity contribution in [3.63, 3.8) is 0 Å². The molecule has 0 amide bonds. The molecule has 2 rings (SSSR count). The number of ether oxygens (including phenoxy) is 1. The second kappa shape index (κ2) is 8.88. The molecule has 19 heavy (non-hydrogen) atoms. The van der Waals surface area contributed by atoms with Crippen LogP contribution in [0, 0.1) is 0 Å². The van der Waals surface area contributed by atoms with Crippen LogP contribution in [-0.2, 0) is 0 Å². The van der Waals surface area contributed by atoms with E-state index in [0.717, 1.165) is 31.9 Å². The summed E-state index contributed by atoms with van der Waals surface area (Å²) < 4.78 is 5.26. The fraction of sp³-hybridized carbons (Fsp3) is 0.538. The van der Waals surface area contributed by atoms with E-state index in [2.05, 4.69) is 23.2 Å². The predicted octanol–water partition coefficient (Wildman–Crippen LogP) is 3.16. The summed E-state index contributed by atoms with van der Waals surface area (Å²) in [5.74, 6) is 0.756. The fourth-order valence-electron chi connectivity index (χ4n) is 2.22. The smallest absolute Gasteiger partial charge is 0.137 e. The van der Waals surface area contributed by atoms with Crippen LogP contribution in [-0.4, -0.2) is 38.2 Å². The van der Waals surface area contributed by atoms with Crippen LogP contribution in [0.2, 0.25) is 5.02 Å². The normalized spacial score (nSPS) is 17.0. The lowest BCUT2D eigenvalue weighted by atomic mass is 10.1. The third kappa shape index (κ3) is 4.69.